The first-order chi connectivity index (χ1) is 8.88. The summed E-state index contributed by atoms with van der Waals surface area (Å²) in [6.07, 6.45) is 7.80. The van der Waals surface area contributed by atoms with E-state index in [1.54, 1.807) is 0 Å². The fourth-order valence-corrected chi connectivity index (χ4v) is 2.83. The number of carbonyl (C=O) groups is 1. The summed E-state index contributed by atoms with van der Waals surface area (Å²) in [7, 11) is 1.97. The normalized spacial score (nSPS) is 13.8. The minimum absolute atomic E-state index is 0.200. The van der Waals surface area contributed by atoms with Crippen LogP contribution in [0, 0.1) is 11.3 Å². The maximum Gasteiger partial charge on any atom is 0.141 e. The Bertz CT molecular complexity index is 240. The molecule has 114 valence electrons. The molecule has 0 spiro atoms. The van der Waals surface area contributed by atoms with E-state index in [0.717, 1.165) is 19.3 Å². The molecule has 0 aromatic heterocycles. The summed E-state index contributed by atoms with van der Waals surface area (Å²) in [6.45, 7) is 10.8. The van der Waals surface area contributed by atoms with Crippen molar-refractivity contribution in [2.45, 2.75) is 85.6 Å². The Hall–Kier alpha value is -0.370. The largest absolute Gasteiger partial charge is 0.317 e. The second kappa shape index (κ2) is 9.52. The number of unbranched alkanes of at least 4 members (excludes halogenated alkanes) is 2. The molecule has 0 saturated carbocycles. The van der Waals surface area contributed by atoms with E-state index < -0.39 is 0 Å². The Balaban J connectivity index is 4.64. The second-order valence-electron chi connectivity index (χ2n) is 6.62. The molecule has 0 aromatic carbocycles. The van der Waals surface area contributed by atoms with E-state index in [1.807, 2.05) is 7.05 Å². The highest BCUT2D eigenvalue weighted by atomic mass is 16.1. The predicted octanol–water partition coefficient (Wildman–Crippen LogP) is 4.58. The third-order valence-electron chi connectivity index (χ3n) is 4.16. The summed E-state index contributed by atoms with van der Waals surface area (Å²) in [5.74, 6) is 0.760. The Labute approximate surface area is 120 Å². The lowest BCUT2D eigenvalue weighted by molar-refractivity contribution is -0.132. The molecule has 0 aliphatic carbocycles. The SMILES string of the molecule is CCCCC(CCCC)C(=O)C(C)(C)CC(C)NC. The summed E-state index contributed by atoms with van der Waals surface area (Å²) < 4.78 is 0. The van der Waals surface area contributed by atoms with Crippen LogP contribution in [0.25, 0.3) is 0 Å². The quantitative estimate of drug-likeness (QED) is 0.595. The summed E-state index contributed by atoms with van der Waals surface area (Å²) in [5.41, 5.74) is -0.200. The van der Waals surface area contributed by atoms with Crippen molar-refractivity contribution in [2.24, 2.45) is 11.3 Å². The van der Waals surface area contributed by atoms with Crippen LogP contribution in [-0.2, 0) is 4.79 Å². The van der Waals surface area contributed by atoms with Crippen LogP contribution in [0.4, 0.5) is 0 Å². The van der Waals surface area contributed by atoms with Gasteiger partial charge in [-0.25, -0.2) is 0 Å². The first kappa shape index (κ1) is 18.6. The molecule has 19 heavy (non-hydrogen) atoms. The summed E-state index contributed by atoms with van der Waals surface area (Å²) in [6, 6.07) is 0.400. The zero-order chi connectivity index (χ0) is 14.9. The minimum Gasteiger partial charge on any atom is -0.317 e. The van der Waals surface area contributed by atoms with Gasteiger partial charge in [0.15, 0.2) is 0 Å². The highest BCUT2D eigenvalue weighted by Gasteiger charge is 2.33. The zero-order valence-electron chi connectivity index (χ0n) is 14.0. The monoisotopic (exact) mass is 269 g/mol. The van der Waals surface area contributed by atoms with E-state index in [4.69, 9.17) is 0 Å². The van der Waals surface area contributed by atoms with Gasteiger partial charge in [-0.2, -0.15) is 0 Å². The van der Waals surface area contributed by atoms with Crippen LogP contribution in [0.15, 0.2) is 0 Å². The molecule has 0 bridgehead atoms. The summed E-state index contributed by atoms with van der Waals surface area (Å²) >= 11 is 0. The molecule has 2 nitrogen and oxygen atoms in total. The first-order valence-electron chi connectivity index (χ1n) is 8.10. The van der Waals surface area contributed by atoms with Crippen molar-refractivity contribution in [3.8, 4) is 0 Å². The molecule has 0 aromatic rings. The molecule has 1 unspecified atom stereocenters. The van der Waals surface area contributed by atoms with Crippen molar-refractivity contribution in [2.75, 3.05) is 7.05 Å². The Morgan fingerprint density at radius 2 is 1.58 bits per heavy atom. The van der Waals surface area contributed by atoms with Gasteiger partial charge in [0.05, 0.1) is 0 Å². The van der Waals surface area contributed by atoms with Gasteiger partial charge in [-0.3, -0.25) is 4.79 Å². The summed E-state index contributed by atoms with van der Waals surface area (Å²) in [4.78, 5) is 12.8. The molecule has 0 heterocycles. The van der Waals surface area contributed by atoms with Crippen LogP contribution in [0.1, 0.15) is 79.6 Å². The van der Waals surface area contributed by atoms with E-state index in [0.29, 0.717) is 11.8 Å². The van der Waals surface area contributed by atoms with Gasteiger partial charge in [0.1, 0.15) is 5.78 Å². The molecule has 1 atom stereocenters. The number of Topliss-reactive ketones (excluding diaryl/α,β-unsaturated/α-hetero) is 1. The van der Waals surface area contributed by atoms with Gasteiger partial charge in [-0.05, 0) is 33.2 Å². The van der Waals surface area contributed by atoms with Crippen LogP contribution in [0.2, 0.25) is 0 Å². The van der Waals surface area contributed by atoms with Gasteiger partial charge in [0.2, 0.25) is 0 Å². The zero-order valence-corrected chi connectivity index (χ0v) is 14.0. The number of carbonyl (C=O) groups excluding carboxylic acids is 1. The number of nitrogens with one attached hydrogen (secondary N) is 1. The van der Waals surface area contributed by atoms with Gasteiger partial charge in [0, 0.05) is 17.4 Å². The van der Waals surface area contributed by atoms with E-state index >= 15 is 0 Å². The Kier molecular flexibility index (Phi) is 9.34. The van der Waals surface area contributed by atoms with E-state index in [2.05, 4.69) is 39.9 Å². The molecule has 0 amide bonds. The number of ketones is 1. The first-order valence-corrected chi connectivity index (χ1v) is 8.10. The second-order valence-corrected chi connectivity index (χ2v) is 6.62. The highest BCUT2D eigenvalue weighted by Crippen LogP contribution is 2.31. The van der Waals surface area contributed by atoms with Crippen molar-refractivity contribution in [3.05, 3.63) is 0 Å². The van der Waals surface area contributed by atoms with Gasteiger partial charge in [-0.1, -0.05) is 53.4 Å². The van der Waals surface area contributed by atoms with E-state index in [-0.39, 0.29) is 11.3 Å². The van der Waals surface area contributed by atoms with E-state index in [9.17, 15) is 4.79 Å². The lowest BCUT2D eigenvalue weighted by Crippen LogP contribution is -2.37. The van der Waals surface area contributed by atoms with Crippen LogP contribution in [0.3, 0.4) is 0 Å². The number of rotatable bonds is 11. The molecule has 0 aliphatic rings. The molecule has 0 radical (unpaired) electrons. The maximum absolute atomic E-state index is 12.8. The number of hydrogen-bond donors (Lipinski definition) is 1. The van der Waals surface area contributed by atoms with Crippen molar-refractivity contribution in [1.82, 2.24) is 5.32 Å². The fourth-order valence-electron chi connectivity index (χ4n) is 2.83. The lowest BCUT2D eigenvalue weighted by atomic mass is 9.74. The molecule has 1 N–H and O–H groups in total. The third kappa shape index (κ3) is 7.10. The van der Waals surface area contributed by atoms with E-state index in [1.165, 1.54) is 25.7 Å². The smallest absolute Gasteiger partial charge is 0.141 e. The van der Waals surface area contributed by atoms with Crippen LogP contribution in [0.5, 0.6) is 0 Å². The van der Waals surface area contributed by atoms with Crippen molar-refractivity contribution < 1.29 is 4.79 Å². The third-order valence-corrected chi connectivity index (χ3v) is 4.16. The van der Waals surface area contributed by atoms with Crippen LogP contribution >= 0.6 is 0 Å². The van der Waals surface area contributed by atoms with Crippen molar-refractivity contribution >= 4 is 5.78 Å². The molecule has 0 rings (SSSR count). The molecule has 2 heteroatoms. The average Bonchev–Trinajstić information content (AvgIpc) is 2.37. The summed E-state index contributed by atoms with van der Waals surface area (Å²) in [5, 5.41) is 3.25. The molecule has 0 aliphatic heterocycles. The van der Waals surface area contributed by atoms with Gasteiger partial charge < -0.3 is 5.32 Å². The van der Waals surface area contributed by atoms with Crippen LogP contribution < -0.4 is 5.32 Å². The lowest BCUT2D eigenvalue weighted by Gasteiger charge is -2.31. The highest BCUT2D eigenvalue weighted by molar-refractivity contribution is 5.86. The number of hydrogen-bond acceptors (Lipinski definition) is 2. The van der Waals surface area contributed by atoms with Crippen molar-refractivity contribution in [1.29, 1.82) is 0 Å². The minimum atomic E-state index is -0.200. The average molecular weight is 269 g/mol. The molecular formula is C17H35NO. The maximum atomic E-state index is 12.8. The van der Waals surface area contributed by atoms with Gasteiger partial charge in [-0.15, -0.1) is 0 Å². The molecular weight excluding hydrogens is 234 g/mol. The Morgan fingerprint density at radius 1 is 1.11 bits per heavy atom. The fraction of sp³-hybridized carbons (Fsp3) is 0.941. The molecule has 0 saturated heterocycles. The topological polar surface area (TPSA) is 29.1 Å². The molecule has 0 fully saturated rings. The van der Waals surface area contributed by atoms with Crippen molar-refractivity contribution in [3.63, 3.8) is 0 Å². The van der Waals surface area contributed by atoms with Gasteiger partial charge >= 0.3 is 0 Å². The van der Waals surface area contributed by atoms with Crippen LogP contribution in [-0.4, -0.2) is 18.9 Å². The standard InChI is InChI=1S/C17H35NO/c1-7-9-11-15(12-10-8-2)16(19)17(4,5)13-14(3)18-6/h14-15,18H,7-13H2,1-6H3. The van der Waals surface area contributed by atoms with Gasteiger partial charge in [0.25, 0.3) is 0 Å². The Morgan fingerprint density at radius 3 is 1.95 bits per heavy atom. The predicted molar refractivity (Wildman–Crippen MR) is 84.5 cm³/mol.